The van der Waals surface area contributed by atoms with Crippen molar-refractivity contribution in [3.05, 3.63) is 60.6 Å². The topological polar surface area (TPSA) is 63.8 Å². The van der Waals surface area contributed by atoms with Crippen LogP contribution in [0.25, 0.3) is 10.9 Å². The van der Waals surface area contributed by atoms with Crippen molar-refractivity contribution in [1.29, 1.82) is 0 Å². The first kappa shape index (κ1) is 12.5. The predicted octanol–water partition coefficient (Wildman–Crippen LogP) is 3.01. The van der Waals surface area contributed by atoms with Gasteiger partial charge in [0.15, 0.2) is 0 Å². The van der Waals surface area contributed by atoms with E-state index in [-0.39, 0.29) is 0 Å². The average Bonchev–Trinajstić information content (AvgIpc) is 2.47. The van der Waals surface area contributed by atoms with Gasteiger partial charge in [-0.15, -0.1) is 0 Å². The normalized spacial score (nSPS) is 10.4. The number of anilines is 2. The molecule has 20 heavy (non-hydrogen) atoms. The second-order valence-corrected chi connectivity index (χ2v) is 4.77. The molecule has 0 bridgehead atoms. The van der Waals surface area contributed by atoms with Gasteiger partial charge in [0.25, 0.3) is 0 Å². The van der Waals surface area contributed by atoms with E-state index in [4.69, 9.17) is 18.0 Å². The Morgan fingerprint density at radius 2 is 2.00 bits per heavy atom. The van der Waals surface area contributed by atoms with E-state index in [0.29, 0.717) is 4.99 Å². The van der Waals surface area contributed by atoms with Gasteiger partial charge in [-0.1, -0.05) is 30.4 Å². The Morgan fingerprint density at radius 1 is 1.15 bits per heavy atom. The highest BCUT2D eigenvalue weighted by atomic mass is 32.1. The van der Waals surface area contributed by atoms with Crippen molar-refractivity contribution in [2.75, 3.05) is 5.32 Å². The molecule has 0 fully saturated rings. The summed E-state index contributed by atoms with van der Waals surface area (Å²) in [5.41, 5.74) is 9.08. The van der Waals surface area contributed by atoms with E-state index in [0.717, 1.165) is 27.8 Å². The third-order valence-corrected chi connectivity index (χ3v) is 3.18. The molecule has 0 aliphatic carbocycles. The Balaban J connectivity index is 1.99. The molecule has 0 radical (unpaired) electrons. The third kappa shape index (κ3) is 2.44. The van der Waals surface area contributed by atoms with E-state index in [9.17, 15) is 0 Å². The first-order valence-electron chi connectivity index (χ1n) is 6.10. The van der Waals surface area contributed by atoms with Crippen LogP contribution in [0.1, 0.15) is 5.56 Å². The minimum atomic E-state index is 0.337. The summed E-state index contributed by atoms with van der Waals surface area (Å²) in [7, 11) is 0. The average molecular weight is 280 g/mol. The lowest BCUT2D eigenvalue weighted by atomic mass is 10.2. The summed E-state index contributed by atoms with van der Waals surface area (Å²) >= 11 is 5.04. The Bertz CT molecular complexity index is 785. The van der Waals surface area contributed by atoms with Crippen LogP contribution in [-0.2, 0) is 0 Å². The number of pyridine rings is 2. The third-order valence-electron chi connectivity index (χ3n) is 2.96. The molecule has 0 aliphatic heterocycles. The lowest BCUT2D eigenvalue weighted by Crippen LogP contribution is -2.12. The van der Waals surface area contributed by atoms with Crippen LogP contribution in [0.5, 0.6) is 0 Å². The second-order valence-electron chi connectivity index (χ2n) is 4.33. The van der Waals surface area contributed by atoms with Crippen LogP contribution in [0.15, 0.2) is 55.0 Å². The van der Waals surface area contributed by atoms with E-state index in [2.05, 4.69) is 15.3 Å². The molecule has 0 saturated heterocycles. The van der Waals surface area contributed by atoms with E-state index in [1.54, 1.807) is 24.7 Å². The molecule has 0 spiro atoms. The van der Waals surface area contributed by atoms with E-state index in [1.165, 1.54) is 0 Å². The summed E-state index contributed by atoms with van der Waals surface area (Å²) in [5.74, 6) is 0. The number of thiocarbonyl (C=S) groups is 1. The molecule has 98 valence electrons. The highest BCUT2D eigenvalue weighted by Gasteiger charge is 2.05. The monoisotopic (exact) mass is 280 g/mol. The molecular weight excluding hydrogens is 268 g/mol. The molecule has 1 aromatic carbocycles. The lowest BCUT2D eigenvalue weighted by molar-refractivity contribution is 1.31. The number of nitrogens with zero attached hydrogens (tertiary/aromatic N) is 2. The van der Waals surface area contributed by atoms with Gasteiger partial charge >= 0.3 is 0 Å². The number of fused-ring (bicyclic) bond motifs is 1. The SMILES string of the molecule is NC(=S)c1ccncc1Nc1cnc2ccccc2c1. The van der Waals surface area contributed by atoms with Crippen LogP contribution in [0, 0.1) is 0 Å². The number of hydrogen-bond donors (Lipinski definition) is 2. The van der Waals surface area contributed by atoms with Crippen LogP contribution < -0.4 is 11.1 Å². The van der Waals surface area contributed by atoms with Gasteiger partial charge in [-0.05, 0) is 18.2 Å². The summed E-state index contributed by atoms with van der Waals surface area (Å²) in [5, 5.41) is 4.32. The van der Waals surface area contributed by atoms with Gasteiger partial charge in [-0.2, -0.15) is 0 Å². The largest absolute Gasteiger partial charge is 0.389 e. The maximum Gasteiger partial charge on any atom is 0.106 e. The fraction of sp³-hybridized carbons (Fsp3) is 0. The molecule has 3 aromatic rings. The lowest BCUT2D eigenvalue weighted by Gasteiger charge is -2.10. The van der Waals surface area contributed by atoms with E-state index in [1.807, 2.05) is 30.3 Å². The van der Waals surface area contributed by atoms with Gasteiger partial charge in [0.1, 0.15) is 4.99 Å². The van der Waals surface area contributed by atoms with Gasteiger partial charge in [0, 0.05) is 17.1 Å². The number of nitrogens with one attached hydrogen (secondary N) is 1. The quantitative estimate of drug-likeness (QED) is 0.722. The molecule has 4 nitrogen and oxygen atoms in total. The molecule has 0 aliphatic rings. The molecule has 3 N–H and O–H groups in total. The molecule has 0 atom stereocenters. The van der Waals surface area contributed by atoms with Gasteiger partial charge in [-0.3, -0.25) is 9.97 Å². The van der Waals surface area contributed by atoms with Crippen molar-refractivity contribution < 1.29 is 0 Å². The van der Waals surface area contributed by atoms with Crippen molar-refractivity contribution in [1.82, 2.24) is 9.97 Å². The zero-order valence-corrected chi connectivity index (χ0v) is 11.4. The molecule has 0 saturated carbocycles. The van der Waals surface area contributed by atoms with Gasteiger partial charge < -0.3 is 11.1 Å². The van der Waals surface area contributed by atoms with Crippen LogP contribution >= 0.6 is 12.2 Å². The summed E-state index contributed by atoms with van der Waals surface area (Å²) in [4.78, 5) is 8.83. The van der Waals surface area contributed by atoms with Crippen molar-refractivity contribution >= 4 is 39.5 Å². The number of benzene rings is 1. The fourth-order valence-corrected chi connectivity index (χ4v) is 2.18. The van der Waals surface area contributed by atoms with Crippen molar-refractivity contribution in [2.24, 2.45) is 5.73 Å². The van der Waals surface area contributed by atoms with E-state index >= 15 is 0 Å². The smallest absolute Gasteiger partial charge is 0.106 e. The Hall–Kier alpha value is -2.53. The second kappa shape index (κ2) is 5.22. The van der Waals surface area contributed by atoms with Crippen molar-refractivity contribution in [3.8, 4) is 0 Å². The number of para-hydroxylation sites is 1. The van der Waals surface area contributed by atoms with Crippen LogP contribution in [0.3, 0.4) is 0 Å². The molecule has 0 amide bonds. The van der Waals surface area contributed by atoms with Gasteiger partial charge in [-0.25, -0.2) is 0 Å². The standard InChI is InChI=1S/C15H12N4S/c16-15(20)12-5-6-17-9-14(12)19-11-7-10-3-1-2-4-13(10)18-8-11/h1-9,19H,(H2,16,20). The maximum absolute atomic E-state index is 5.71. The minimum absolute atomic E-state index is 0.337. The predicted molar refractivity (Wildman–Crippen MR) is 85.2 cm³/mol. The minimum Gasteiger partial charge on any atom is -0.389 e. The molecule has 0 unspecified atom stereocenters. The summed E-state index contributed by atoms with van der Waals surface area (Å²) in [6.07, 6.45) is 5.14. The zero-order chi connectivity index (χ0) is 13.9. The summed E-state index contributed by atoms with van der Waals surface area (Å²) in [6, 6.07) is 11.8. The van der Waals surface area contributed by atoms with Crippen molar-refractivity contribution in [3.63, 3.8) is 0 Å². The Labute approximate surface area is 121 Å². The van der Waals surface area contributed by atoms with E-state index < -0.39 is 0 Å². The summed E-state index contributed by atoms with van der Waals surface area (Å²) < 4.78 is 0. The number of hydrogen-bond acceptors (Lipinski definition) is 4. The first-order valence-corrected chi connectivity index (χ1v) is 6.50. The zero-order valence-electron chi connectivity index (χ0n) is 10.6. The maximum atomic E-state index is 5.71. The van der Waals surface area contributed by atoms with Crippen molar-refractivity contribution in [2.45, 2.75) is 0 Å². The molecule has 2 heterocycles. The van der Waals surface area contributed by atoms with Crippen LogP contribution in [0.4, 0.5) is 11.4 Å². The summed E-state index contributed by atoms with van der Waals surface area (Å²) in [6.45, 7) is 0. The first-order chi connectivity index (χ1) is 9.74. The molecular formula is C15H12N4S. The number of nitrogens with two attached hydrogens (primary N) is 1. The van der Waals surface area contributed by atoms with Crippen LogP contribution in [0.2, 0.25) is 0 Å². The van der Waals surface area contributed by atoms with Crippen LogP contribution in [-0.4, -0.2) is 15.0 Å². The van der Waals surface area contributed by atoms with Gasteiger partial charge in [0.2, 0.25) is 0 Å². The Morgan fingerprint density at radius 3 is 2.85 bits per heavy atom. The Kier molecular flexibility index (Phi) is 3.26. The number of rotatable bonds is 3. The molecule has 5 heteroatoms. The highest BCUT2D eigenvalue weighted by Crippen LogP contribution is 2.22. The molecule has 2 aromatic heterocycles. The number of aromatic nitrogens is 2. The highest BCUT2D eigenvalue weighted by molar-refractivity contribution is 7.80. The van der Waals surface area contributed by atoms with Gasteiger partial charge in [0.05, 0.1) is 29.3 Å². The fourth-order valence-electron chi connectivity index (χ4n) is 2.00. The molecule has 3 rings (SSSR count).